The average molecular weight is 351 g/mol. The van der Waals surface area contributed by atoms with Crippen LogP contribution in [0, 0.1) is 0 Å². The summed E-state index contributed by atoms with van der Waals surface area (Å²) in [5.41, 5.74) is 5.20. The minimum atomic E-state index is 0.789. The highest BCUT2D eigenvalue weighted by Crippen LogP contribution is 2.25. The first kappa shape index (κ1) is 15.5. The van der Waals surface area contributed by atoms with Gasteiger partial charge in [0.05, 0.1) is 22.9 Å². The van der Waals surface area contributed by atoms with Crippen molar-refractivity contribution in [1.82, 2.24) is 19.5 Å². The maximum absolute atomic E-state index is 4.52. The second-order valence-electron chi connectivity index (χ2n) is 6.43. The molecule has 130 valence electrons. The first-order chi connectivity index (χ1) is 13.4. The van der Waals surface area contributed by atoms with Gasteiger partial charge in [0.1, 0.15) is 12.1 Å². The molecule has 3 aromatic carbocycles. The number of nitrogens with one attached hydrogen (secondary N) is 1. The Morgan fingerprint density at radius 3 is 2.56 bits per heavy atom. The van der Waals surface area contributed by atoms with Gasteiger partial charge >= 0.3 is 0 Å². The van der Waals surface area contributed by atoms with Crippen LogP contribution in [0.4, 0.5) is 11.5 Å². The van der Waals surface area contributed by atoms with E-state index in [1.807, 2.05) is 48.8 Å². The van der Waals surface area contributed by atoms with Crippen LogP contribution in [0.1, 0.15) is 5.56 Å². The molecular formula is C22H17N5. The van der Waals surface area contributed by atoms with Gasteiger partial charge in [0.25, 0.3) is 0 Å². The second-order valence-corrected chi connectivity index (χ2v) is 6.43. The van der Waals surface area contributed by atoms with Gasteiger partial charge in [0.2, 0.25) is 0 Å². The number of anilines is 2. The van der Waals surface area contributed by atoms with Crippen LogP contribution in [0.15, 0.2) is 85.5 Å². The highest BCUT2D eigenvalue weighted by atomic mass is 15.1. The molecule has 0 amide bonds. The lowest BCUT2D eigenvalue weighted by Crippen LogP contribution is -1.99. The minimum Gasteiger partial charge on any atom is -0.340 e. The fraction of sp³-hybridized carbons (Fsp3) is 0.0455. The largest absolute Gasteiger partial charge is 0.340 e. The van der Waals surface area contributed by atoms with Crippen molar-refractivity contribution in [2.45, 2.75) is 6.54 Å². The van der Waals surface area contributed by atoms with Crippen LogP contribution in [0.3, 0.4) is 0 Å². The summed E-state index contributed by atoms with van der Waals surface area (Å²) in [4.78, 5) is 13.3. The summed E-state index contributed by atoms with van der Waals surface area (Å²) >= 11 is 0. The highest BCUT2D eigenvalue weighted by Gasteiger charge is 2.07. The number of imidazole rings is 1. The number of benzene rings is 3. The van der Waals surface area contributed by atoms with Gasteiger partial charge in [-0.15, -0.1) is 0 Å². The summed E-state index contributed by atoms with van der Waals surface area (Å²) in [6.45, 7) is 0.789. The molecule has 5 nitrogen and oxygen atoms in total. The summed E-state index contributed by atoms with van der Waals surface area (Å²) in [5, 5.41) is 4.43. The number of aromatic nitrogens is 4. The molecule has 0 aliphatic rings. The zero-order valence-corrected chi connectivity index (χ0v) is 14.6. The Bertz CT molecular complexity index is 1220. The molecule has 2 aromatic heterocycles. The fourth-order valence-electron chi connectivity index (χ4n) is 3.28. The Labute approximate surface area is 156 Å². The van der Waals surface area contributed by atoms with E-state index < -0.39 is 0 Å². The third kappa shape index (κ3) is 3.00. The van der Waals surface area contributed by atoms with Gasteiger partial charge in [-0.1, -0.05) is 42.5 Å². The topological polar surface area (TPSA) is 55.6 Å². The Morgan fingerprint density at radius 2 is 1.63 bits per heavy atom. The summed E-state index contributed by atoms with van der Waals surface area (Å²) < 4.78 is 2.16. The molecule has 0 saturated carbocycles. The molecule has 0 radical (unpaired) electrons. The van der Waals surface area contributed by atoms with Crippen molar-refractivity contribution in [2.24, 2.45) is 0 Å². The van der Waals surface area contributed by atoms with E-state index in [1.165, 1.54) is 5.56 Å². The SMILES string of the molecule is c1ccc(Cn2cnc3ccc(Nc4ncnc5ccccc45)cc32)cc1. The van der Waals surface area contributed by atoms with Crippen LogP contribution in [-0.2, 0) is 6.54 Å². The van der Waals surface area contributed by atoms with Crippen molar-refractivity contribution in [3.63, 3.8) is 0 Å². The molecule has 27 heavy (non-hydrogen) atoms. The van der Waals surface area contributed by atoms with Crippen LogP contribution in [0.5, 0.6) is 0 Å². The van der Waals surface area contributed by atoms with Gasteiger partial charge in [-0.05, 0) is 35.9 Å². The van der Waals surface area contributed by atoms with Crippen LogP contribution < -0.4 is 5.32 Å². The molecule has 1 N–H and O–H groups in total. The lowest BCUT2D eigenvalue weighted by atomic mass is 10.2. The third-order valence-electron chi connectivity index (χ3n) is 4.62. The number of hydrogen-bond donors (Lipinski definition) is 1. The van der Waals surface area contributed by atoms with E-state index in [1.54, 1.807) is 6.33 Å². The fourth-order valence-corrected chi connectivity index (χ4v) is 3.28. The number of fused-ring (bicyclic) bond motifs is 2. The average Bonchev–Trinajstić information content (AvgIpc) is 3.11. The molecule has 5 aromatic rings. The van der Waals surface area contributed by atoms with E-state index in [4.69, 9.17) is 0 Å². The lowest BCUT2D eigenvalue weighted by Gasteiger charge is -2.09. The molecule has 0 aliphatic heterocycles. The standard InChI is InChI=1S/C22H17N5/c1-2-6-16(7-3-1)13-27-15-25-20-11-10-17(12-21(20)27)26-22-18-8-4-5-9-19(18)23-14-24-22/h1-12,14-15H,13H2,(H,23,24,26). The van der Waals surface area contributed by atoms with Gasteiger partial charge < -0.3 is 9.88 Å². The van der Waals surface area contributed by atoms with Gasteiger partial charge in [-0.3, -0.25) is 0 Å². The van der Waals surface area contributed by atoms with Gasteiger partial charge in [-0.25, -0.2) is 15.0 Å². The van der Waals surface area contributed by atoms with Crippen LogP contribution in [0.2, 0.25) is 0 Å². The van der Waals surface area contributed by atoms with E-state index in [0.717, 1.165) is 40.0 Å². The maximum atomic E-state index is 4.52. The van der Waals surface area contributed by atoms with E-state index >= 15 is 0 Å². The first-order valence-corrected chi connectivity index (χ1v) is 8.82. The van der Waals surface area contributed by atoms with E-state index in [-0.39, 0.29) is 0 Å². The number of para-hydroxylation sites is 1. The van der Waals surface area contributed by atoms with Gasteiger partial charge in [-0.2, -0.15) is 0 Å². The predicted molar refractivity (Wildman–Crippen MR) is 108 cm³/mol. The number of hydrogen-bond acceptors (Lipinski definition) is 4. The quantitative estimate of drug-likeness (QED) is 0.507. The van der Waals surface area contributed by atoms with Crippen molar-refractivity contribution < 1.29 is 0 Å². The zero-order chi connectivity index (χ0) is 18.1. The summed E-state index contributed by atoms with van der Waals surface area (Å²) in [6.07, 6.45) is 3.48. The molecule has 0 aliphatic carbocycles. The van der Waals surface area contributed by atoms with E-state index in [2.05, 4.69) is 55.2 Å². The van der Waals surface area contributed by atoms with Crippen LogP contribution in [0.25, 0.3) is 21.9 Å². The van der Waals surface area contributed by atoms with E-state index in [9.17, 15) is 0 Å². The lowest BCUT2D eigenvalue weighted by molar-refractivity contribution is 0.824. The smallest absolute Gasteiger partial charge is 0.141 e. The molecule has 0 spiro atoms. The van der Waals surface area contributed by atoms with Crippen molar-refractivity contribution in [3.05, 3.63) is 91.0 Å². The Kier molecular flexibility index (Phi) is 3.76. The first-order valence-electron chi connectivity index (χ1n) is 8.82. The molecule has 5 heteroatoms. The summed E-state index contributed by atoms with van der Waals surface area (Å²) in [7, 11) is 0. The van der Waals surface area contributed by atoms with Gasteiger partial charge in [0, 0.05) is 17.6 Å². The predicted octanol–water partition coefficient (Wildman–Crippen LogP) is 4.77. The molecule has 0 fully saturated rings. The number of rotatable bonds is 4. The molecule has 0 bridgehead atoms. The van der Waals surface area contributed by atoms with E-state index in [0.29, 0.717) is 0 Å². The molecule has 0 saturated heterocycles. The normalized spacial score (nSPS) is 11.1. The summed E-state index contributed by atoms with van der Waals surface area (Å²) in [5.74, 6) is 0.800. The maximum Gasteiger partial charge on any atom is 0.141 e. The minimum absolute atomic E-state index is 0.789. The Balaban J connectivity index is 1.51. The Hall–Kier alpha value is -3.73. The third-order valence-corrected chi connectivity index (χ3v) is 4.62. The van der Waals surface area contributed by atoms with Crippen molar-refractivity contribution >= 4 is 33.4 Å². The highest BCUT2D eigenvalue weighted by molar-refractivity contribution is 5.91. The van der Waals surface area contributed by atoms with Crippen LogP contribution >= 0.6 is 0 Å². The van der Waals surface area contributed by atoms with Crippen LogP contribution in [-0.4, -0.2) is 19.5 Å². The number of nitrogens with zero attached hydrogens (tertiary/aromatic N) is 4. The molecular weight excluding hydrogens is 334 g/mol. The van der Waals surface area contributed by atoms with Crippen molar-refractivity contribution in [1.29, 1.82) is 0 Å². The Morgan fingerprint density at radius 1 is 0.778 bits per heavy atom. The molecule has 5 rings (SSSR count). The molecule has 0 unspecified atom stereocenters. The summed E-state index contributed by atoms with van der Waals surface area (Å²) in [6, 6.07) is 24.6. The van der Waals surface area contributed by atoms with Crippen molar-refractivity contribution in [2.75, 3.05) is 5.32 Å². The molecule has 0 atom stereocenters. The van der Waals surface area contributed by atoms with Crippen molar-refractivity contribution in [3.8, 4) is 0 Å². The zero-order valence-electron chi connectivity index (χ0n) is 14.6. The second kappa shape index (κ2) is 6.53. The van der Waals surface area contributed by atoms with Gasteiger partial charge in [0.15, 0.2) is 0 Å². The molecule has 2 heterocycles. The monoisotopic (exact) mass is 351 g/mol.